The molecule has 3 heterocycles. The molecule has 1 aliphatic heterocycles. The fourth-order valence-corrected chi connectivity index (χ4v) is 8.79. The number of carbonyl (C=O) groups is 1. The van der Waals surface area contributed by atoms with Crippen LogP contribution >= 0.6 is 22.7 Å². The molecule has 7 nitrogen and oxygen atoms in total. The lowest BCUT2D eigenvalue weighted by Gasteiger charge is -2.25. The Morgan fingerprint density at radius 2 is 1.85 bits per heavy atom. The number of hydrogen-bond donors (Lipinski definition) is 1. The zero-order chi connectivity index (χ0) is 27.6. The standard InChI is InChI=1S/C29H34N4O3S3/c1-4-7-17-33(6-3)39(35,36)21-14-12-20(13-15-21)27(34)31-29-26(22-16-18-32(5-2)19-25(22)38-29)28-30-23-10-8-9-11-24(23)37-28/h8-15H,4-7,16-19H2,1-3H3,(H,31,34). The zero-order valence-electron chi connectivity index (χ0n) is 22.6. The van der Waals surface area contributed by atoms with Gasteiger partial charge in [0, 0.05) is 42.2 Å². The monoisotopic (exact) mass is 582 g/mol. The summed E-state index contributed by atoms with van der Waals surface area (Å²) in [5.41, 5.74) is 3.67. The van der Waals surface area contributed by atoms with Gasteiger partial charge in [0.1, 0.15) is 10.0 Å². The van der Waals surface area contributed by atoms with Crippen molar-refractivity contribution in [2.75, 3.05) is 31.5 Å². The van der Waals surface area contributed by atoms with Gasteiger partial charge in [0.05, 0.1) is 15.1 Å². The van der Waals surface area contributed by atoms with Crippen LogP contribution in [-0.2, 0) is 23.0 Å². The average Bonchev–Trinajstić information content (AvgIpc) is 3.53. The van der Waals surface area contributed by atoms with E-state index in [0.29, 0.717) is 18.7 Å². The third-order valence-electron chi connectivity index (χ3n) is 7.19. The van der Waals surface area contributed by atoms with Crippen LogP contribution in [0.2, 0.25) is 0 Å². The number of rotatable bonds is 10. The second-order valence-corrected chi connectivity index (χ2v) is 13.7. The van der Waals surface area contributed by atoms with E-state index in [1.807, 2.05) is 32.0 Å². The smallest absolute Gasteiger partial charge is 0.256 e. The van der Waals surface area contributed by atoms with Crippen molar-refractivity contribution in [2.45, 2.75) is 51.5 Å². The normalized spacial score (nSPS) is 14.2. The van der Waals surface area contributed by atoms with Gasteiger partial charge in [-0.2, -0.15) is 4.31 Å². The van der Waals surface area contributed by atoms with Gasteiger partial charge in [0.15, 0.2) is 0 Å². The van der Waals surface area contributed by atoms with Crippen molar-refractivity contribution < 1.29 is 13.2 Å². The molecule has 206 valence electrons. The van der Waals surface area contributed by atoms with Crippen LogP contribution in [0, 0.1) is 0 Å². The molecular weight excluding hydrogens is 549 g/mol. The number of aromatic nitrogens is 1. The number of amides is 1. The number of fused-ring (bicyclic) bond motifs is 2. The molecule has 0 aliphatic carbocycles. The molecule has 1 amide bonds. The van der Waals surface area contributed by atoms with Crippen LogP contribution in [0.4, 0.5) is 5.00 Å². The third-order valence-corrected chi connectivity index (χ3v) is 11.4. The highest BCUT2D eigenvalue weighted by molar-refractivity contribution is 7.89. The maximum atomic E-state index is 13.4. The first kappa shape index (κ1) is 27.9. The predicted octanol–water partition coefficient (Wildman–Crippen LogP) is 6.47. The molecule has 0 unspecified atom stereocenters. The van der Waals surface area contributed by atoms with Crippen molar-refractivity contribution in [2.24, 2.45) is 0 Å². The zero-order valence-corrected chi connectivity index (χ0v) is 25.0. The molecule has 2 aromatic heterocycles. The van der Waals surface area contributed by atoms with Gasteiger partial charge in [-0.15, -0.1) is 22.7 Å². The first-order valence-corrected chi connectivity index (χ1v) is 16.6. The Morgan fingerprint density at radius 1 is 1.08 bits per heavy atom. The van der Waals surface area contributed by atoms with Crippen molar-refractivity contribution >= 4 is 53.8 Å². The highest BCUT2D eigenvalue weighted by Gasteiger charge is 2.28. The molecule has 1 aliphatic rings. The number of anilines is 1. The quantitative estimate of drug-likeness (QED) is 0.232. The van der Waals surface area contributed by atoms with Crippen molar-refractivity contribution in [3.63, 3.8) is 0 Å². The molecule has 0 radical (unpaired) electrons. The Morgan fingerprint density at radius 3 is 2.54 bits per heavy atom. The minimum atomic E-state index is -3.60. The Balaban J connectivity index is 1.44. The van der Waals surface area contributed by atoms with E-state index in [0.717, 1.165) is 64.7 Å². The maximum absolute atomic E-state index is 13.4. The highest BCUT2D eigenvalue weighted by atomic mass is 32.2. The lowest BCUT2D eigenvalue weighted by Crippen LogP contribution is -2.31. The molecule has 5 rings (SSSR count). The lowest BCUT2D eigenvalue weighted by atomic mass is 10.0. The summed E-state index contributed by atoms with van der Waals surface area (Å²) in [7, 11) is -3.60. The largest absolute Gasteiger partial charge is 0.313 e. The molecule has 0 saturated heterocycles. The number of carbonyl (C=O) groups excluding carboxylic acids is 1. The number of thiazole rings is 1. The van der Waals surface area contributed by atoms with E-state index in [1.165, 1.54) is 26.9 Å². The van der Waals surface area contributed by atoms with Gasteiger partial charge in [0.2, 0.25) is 10.0 Å². The molecule has 39 heavy (non-hydrogen) atoms. The van der Waals surface area contributed by atoms with Gasteiger partial charge in [-0.05, 0) is 61.3 Å². The van der Waals surface area contributed by atoms with E-state index in [-0.39, 0.29) is 10.8 Å². The molecule has 0 atom stereocenters. The molecular formula is C29H34N4O3S3. The number of unbranched alkanes of at least 4 members (excludes halogenated alkanes) is 1. The van der Waals surface area contributed by atoms with Gasteiger partial charge >= 0.3 is 0 Å². The predicted molar refractivity (Wildman–Crippen MR) is 161 cm³/mol. The number of para-hydroxylation sites is 1. The van der Waals surface area contributed by atoms with Crippen LogP contribution in [0.5, 0.6) is 0 Å². The summed E-state index contributed by atoms with van der Waals surface area (Å²) >= 11 is 3.27. The Hall–Kier alpha value is -2.63. The van der Waals surface area contributed by atoms with E-state index >= 15 is 0 Å². The summed E-state index contributed by atoms with van der Waals surface area (Å²) in [5.74, 6) is -0.259. The van der Waals surface area contributed by atoms with Crippen LogP contribution in [0.15, 0.2) is 53.4 Å². The summed E-state index contributed by atoms with van der Waals surface area (Å²) in [6, 6.07) is 14.4. The van der Waals surface area contributed by atoms with Crippen LogP contribution < -0.4 is 5.32 Å². The number of sulfonamides is 1. The Kier molecular flexibility index (Phi) is 8.49. The molecule has 4 aromatic rings. The van der Waals surface area contributed by atoms with Crippen LogP contribution in [0.25, 0.3) is 20.8 Å². The minimum Gasteiger partial charge on any atom is -0.313 e. The summed E-state index contributed by atoms with van der Waals surface area (Å²) < 4.78 is 28.8. The minimum absolute atomic E-state index is 0.207. The van der Waals surface area contributed by atoms with Crippen molar-refractivity contribution in [1.29, 1.82) is 0 Å². The summed E-state index contributed by atoms with van der Waals surface area (Å²) in [6.45, 7) is 9.79. The SMILES string of the molecule is CCCCN(CC)S(=O)(=O)c1ccc(C(=O)Nc2sc3c(c2-c2nc4ccccc4s2)CCN(CC)C3)cc1. The lowest BCUT2D eigenvalue weighted by molar-refractivity contribution is 0.102. The van der Waals surface area contributed by atoms with Gasteiger partial charge in [0.25, 0.3) is 5.91 Å². The van der Waals surface area contributed by atoms with Gasteiger partial charge < -0.3 is 5.32 Å². The molecule has 0 bridgehead atoms. The Labute approximate surface area is 238 Å². The summed E-state index contributed by atoms with van der Waals surface area (Å²) in [6.07, 6.45) is 2.65. The molecule has 1 N–H and O–H groups in total. The summed E-state index contributed by atoms with van der Waals surface area (Å²) in [5, 5.41) is 4.87. The van der Waals surface area contributed by atoms with Crippen LogP contribution in [0.1, 0.15) is 54.4 Å². The van der Waals surface area contributed by atoms with E-state index in [2.05, 4.69) is 23.2 Å². The number of hydrogen-bond acceptors (Lipinski definition) is 7. The van der Waals surface area contributed by atoms with Crippen LogP contribution in [0.3, 0.4) is 0 Å². The number of nitrogens with zero attached hydrogens (tertiary/aromatic N) is 3. The number of nitrogens with one attached hydrogen (secondary N) is 1. The van der Waals surface area contributed by atoms with E-state index < -0.39 is 10.0 Å². The second-order valence-electron chi connectivity index (χ2n) is 9.64. The fourth-order valence-electron chi connectivity index (χ4n) is 4.91. The number of thiophene rings is 1. The average molecular weight is 583 g/mol. The van der Waals surface area contributed by atoms with E-state index in [4.69, 9.17) is 4.98 Å². The number of likely N-dealkylation sites (N-methyl/N-ethyl adjacent to an activating group) is 1. The van der Waals surface area contributed by atoms with Crippen molar-refractivity contribution in [3.8, 4) is 10.6 Å². The second kappa shape index (κ2) is 11.9. The molecule has 10 heteroatoms. The van der Waals surface area contributed by atoms with Crippen LogP contribution in [-0.4, -0.2) is 54.7 Å². The van der Waals surface area contributed by atoms with E-state index in [1.54, 1.807) is 34.8 Å². The fraction of sp³-hybridized carbons (Fsp3) is 0.379. The number of benzene rings is 2. The highest BCUT2D eigenvalue weighted by Crippen LogP contribution is 2.45. The van der Waals surface area contributed by atoms with Gasteiger partial charge in [-0.1, -0.05) is 39.3 Å². The van der Waals surface area contributed by atoms with Crippen molar-refractivity contribution in [3.05, 3.63) is 64.5 Å². The first-order valence-electron chi connectivity index (χ1n) is 13.5. The third kappa shape index (κ3) is 5.67. The molecule has 0 saturated carbocycles. The summed E-state index contributed by atoms with van der Waals surface area (Å²) in [4.78, 5) is 22.2. The topological polar surface area (TPSA) is 82.6 Å². The van der Waals surface area contributed by atoms with Gasteiger partial charge in [-0.3, -0.25) is 9.69 Å². The maximum Gasteiger partial charge on any atom is 0.256 e. The van der Waals surface area contributed by atoms with E-state index in [9.17, 15) is 13.2 Å². The Bertz CT molecular complexity index is 1540. The first-order chi connectivity index (χ1) is 18.8. The molecule has 0 spiro atoms. The molecule has 0 fully saturated rings. The van der Waals surface area contributed by atoms with Crippen molar-refractivity contribution in [1.82, 2.24) is 14.2 Å². The van der Waals surface area contributed by atoms with Gasteiger partial charge in [-0.25, -0.2) is 13.4 Å². The molecule has 2 aromatic carbocycles.